The van der Waals surface area contributed by atoms with Crippen molar-refractivity contribution in [3.05, 3.63) is 38.7 Å². The molecule has 1 heterocycles. The van der Waals surface area contributed by atoms with E-state index in [1.807, 2.05) is 13.0 Å². The molecule has 2 N–H and O–H groups in total. The Kier molecular flexibility index (Phi) is 2.07. The number of hydrogen-bond donors (Lipinski definition) is 1. The van der Waals surface area contributed by atoms with Crippen LogP contribution in [0.2, 0.25) is 0 Å². The predicted octanol–water partition coefficient (Wildman–Crippen LogP) is 2.45. The molecule has 0 spiro atoms. The molecule has 1 aromatic carbocycles. The molecule has 3 nitrogen and oxygen atoms in total. The van der Waals surface area contributed by atoms with E-state index in [0.717, 1.165) is 15.4 Å². The molecule has 2 rings (SSSR count). The smallest absolute Gasteiger partial charge is 0.336 e. The third-order valence-electron chi connectivity index (χ3n) is 2.07. The van der Waals surface area contributed by atoms with Crippen molar-refractivity contribution < 1.29 is 4.42 Å². The number of hydrogen-bond acceptors (Lipinski definition) is 3. The maximum atomic E-state index is 11.1. The minimum absolute atomic E-state index is 0.350. The van der Waals surface area contributed by atoms with Gasteiger partial charge in [-0.1, -0.05) is 0 Å². The van der Waals surface area contributed by atoms with Gasteiger partial charge in [-0.15, -0.1) is 0 Å². The maximum absolute atomic E-state index is 11.1. The first-order valence-corrected chi connectivity index (χ1v) is 4.87. The van der Waals surface area contributed by atoms with E-state index in [4.69, 9.17) is 10.2 Å². The van der Waals surface area contributed by atoms with E-state index < -0.39 is 0 Å². The second-order valence-electron chi connectivity index (χ2n) is 3.12. The minimum Gasteiger partial charge on any atom is -0.423 e. The minimum atomic E-state index is -0.350. The molecule has 0 aliphatic heterocycles. The molecule has 0 unspecified atom stereocenters. The molecule has 14 heavy (non-hydrogen) atoms. The highest BCUT2D eigenvalue weighted by Gasteiger charge is 2.05. The Morgan fingerprint density at radius 1 is 1.36 bits per heavy atom. The zero-order chi connectivity index (χ0) is 10.3. The summed E-state index contributed by atoms with van der Waals surface area (Å²) in [6.07, 6.45) is 0. The van der Waals surface area contributed by atoms with Crippen molar-refractivity contribution in [3.63, 3.8) is 0 Å². The lowest BCUT2D eigenvalue weighted by Crippen LogP contribution is -1.98. The quantitative estimate of drug-likeness (QED) is 0.580. The van der Waals surface area contributed by atoms with Crippen LogP contribution in [0.4, 0.5) is 5.69 Å². The molecule has 0 bridgehead atoms. The van der Waals surface area contributed by atoms with Crippen LogP contribution in [0, 0.1) is 6.92 Å². The Balaban J connectivity index is 2.96. The third-order valence-corrected chi connectivity index (χ3v) is 2.76. The zero-order valence-corrected chi connectivity index (χ0v) is 9.09. The SMILES string of the molecule is Cc1cc(=O)oc2cc(N)c(Br)cc12. The normalized spacial score (nSPS) is 10.7. The summed E-state index contributed by atoms with van der Waals surface area (Å²) in [4.78, 5) is 11.1. The topological polar surface area (TPSA) is 56.2 Å². The average molecular weight is 254 g/mol. The molecule has 0 aliphatic carbocycles. The second kappa shape index (κ2) is 3.13. The highest BCUT2D eigenvalue weighted by molar-refractivity contribution is 9.10. The van der Waals surface area contributed by atoms with Gasteiger partial charge in [-0.05, 0) is 34.5 Å². The van der Waals surface area contributed by atoms with Crippen molar-refractivity contribution in [2.75, 3.05) is 5.73 Å². The molecule has 0 radical (unpaired) electrons. The van der Waals surface area contributed by atoms with Gasteiger partial charge in [0.1, 0.15) is 5.58 Å². The number of aryl methyl sites for hydroxylation is 1. The van der Waals surface area contributed by atoms with Gasteiger partial charge in [-0.25, -0.2) is 4.79 Å². The standard InChI is InChI=1S/C10H8BrNO2/c1-5-2-10(13)14-9-4-8(12)7(11)3-6(5)9/h2-4H,12H2,1H3. The van der Waals surface area contributed by atoms with Crippen LogP contribution in [0.25, 0.3) is 11.0 Å². The number of fused-ring (bicyclic) bond motifs is 1. The van der Waals surface area contributed by atoms with E-state index >= 15 is 0 Å². The largest absolute Gasteiger partial charge is 0.423 e. The Morgan fingerprint density at radius 2 is 2.07 bits per heavy atom. The summed E-state index contributed by atoms with van der Waals surface area (Å²) in [5.74, 6) is 0. The average Bonchev–Trinajstić information content (AvgIpc) is 2.08. The first kappa shape index (κ1) is 9.27. The fourth-order valence-electron chi connectivity index (χ4n) is 1.35. The van der Waals surface area contributed by atoms with E-state index in [1.165, 1.54) is 6.07 Å². The first-order valence-electron chi connectivity index (χ1n) is 4.07. The van der Waals surface area contributed by atoms with Crippen LogP contribution in [0.1, 0.15) is 5.56 Å². The Bertz CT molecular complexity index is 560. The Labute approximate surface area is 88.7 Å². The lowest BCUT2D eigenvalue weighted by Gasteiger charge is -2.03. The zero-order valence-electron chi connectivity index (χ0n) is 7.50. The fraction of sp³-hybridized carbons (Fsp3) is 0.100. The molecule has 0 atom stereocenters. The van der Waals surface area contributed by atoms with Gasteiger partial charge in [-0.3, -0.25) is 0 Å². The van der Waals surface area contributed by atoms with Crippen LogP contribution >= 0.6 is 15.9 Å². The summed E-state index contributed by atoms with van der Waals surface area (Å²) in [6.45, 7) is 1.86. The van der Waals surface area contributed by atoms with Gasteiger partial charge in [0.2, 0.25) is 0 Å². The van der Waals surface area contributed by atoms with Crippen molar-refractivity contribution in [2.24, 2.45) is 0 Å². The van der Waals surface area contributed by atoms with E-state index in [-0.39, 0.29) is 5.63 Å². The molecule has 2 aromatic rings. The highest BCUT2D eigenvalue weighted by Crippen LogP contribution is 2.26. The van der Waals surface area contributed by atoms with E-state index in [1.54, 1.807) is 6.07 Å². The molecule has 0 aliphatic rings. The van der Waals surface area contributed by atoms with Crippen LogP contribution in [0.15, 0.2) is 31.9 Å². The lowest BCUT2D eigenvalue weighted by molar-refractivity contribution is 0.560. The first-order chi connectivity index (χ1) is 6.58. The summed E-state index contributed by atoms with van der Waals surface area (Å²) in [5.41, 5.74) is 7.30. The second-order valence-corrected chi connectivity index (χ2v) is 3.97. The molecule has 72 valence electrons. The van der Waals surface area contributed by atoms with E-state index in [2.05, 4.69) is 15.9 Å². The van der Waals surface area contributed by atoms with Crippen molar-refractivity contribution in [1.82, 2.24) is 0 Å². The number of rotatable bonds is 0. The lowest BCUT2D eigenvalue weighted by atomic mass is 10.1. The molecular formula is C10H8BrNO2. The van der Waals surface area contributed by atoms with Gasteiger partial charge in [0, 0.05) is 27.7 Å². The summed E-state index contributed by atoms with van der Waals surface area (Å²) in [6, 6.07) is 4.96. The van der Waals surface area contributed by atoms with Crippen LogP contribution in [0.3, 0.4) is 0 Å². The van der Waals surface area contributed by atoms with Crippen molar-refractivity contribution in [1.29, 1.82) is 0 Å². The van der Waals surface area contributed by atoms with Crippen LogP contribution < -0.4 is 11.4 Å². The number of benzene rings is 1. The van der Waals surface area contributed by atoms with Gasteiger partial charge in [0.15, 0.2) is 0 Å². The van der Waals surface area contributed by atoms with E-state index in [0.29, 0.717) is 11.3 Å². The Morgan fingerprint density at radius 3 is 2.79 bits per heavy atom. The van der Waals surface area contributed by atoms with Crippen LogP contribution in [0.5, 0.6) is 0 Å². The van der Waals surface area contributed by atoms with Gasteiger partial charge in [0.25, 0.3) is 0 Å². The number of nitrogens with two attached hydrogens (primary N) is 1. The fourth-order valence-corrected chi connectivity index (χ4v) is 1.70. The van der Waals surface area contributed by atoms with Crippen molar-refractivity contribution >= 4 is 32.6 Å². The molecule has 4 heteroatoms. The summed E-state index contributed by atoms with van der Waals surface area (Å²) < 4.78 is 5.83. The van der Waals surface area contributed by atoms with Gasteiger partial charge in [0.05, 0.1) is 0 Å². The molecule has 0 fully saturated rings. The summed E-state index contributed by atoms with van der Waals surface area (Å²) in [7, 11) is 0. The van der Waals surface area contributed by atoms with Gasteiger partial charge in [-0.2, -0.15) is 0 Å². The summed E-state index contributed by atoms with van der Waals surface area (Å²) in [5, 5.41) is 0.894. The molecule has 0 amide bonds. The maximum Gasteiger partial charge on any atom is 0.336 e. The molecular weight excluding hydrogens is 246 g/mol. The number of nitrogen functional groups attached to an aromatic ring is 1. The van der Waals surface area contributed by atoms with Gasteiger partial charge < -0.3 is 10.2 Å². The van der Waals surface area contributed by atoms with Gasteiger partial charge >= 0.3 is 5.63 Å². The van der Waals surface area contributed by atoms with Crippen molar-refractivity contribution in [2.45, 2.75) is 6.92 Å². The monoisotopic (exact) mass is 253 g/mol. The Hall–Kier alpha value is -1.29. The van der Waals surface area contributed by atoms with Crippen LogP contribution in [-0.2, 0) is 0 Å². The molecule has 1 aromatic heterocycles. The van der Waals surface area contributed by atoms with Crippen LogP contribution in [-0.4, -0.2) is 0 Å². The third kappa shape index (κ3) is 1.42. The van der Waals surface area contributed by atoms with E-state index in [9.17, 15) is 4.79 Å². The molecule has 0 saturated carbocycles. The predicted molar refractivity (Wildman–Crippen MR) is 59.3 cm³/mol. The summed E-state index contributed by atoms with van der Waals surface area (Å²) >= 11 is 3.32. The van der Waals surface area contributed by atoms with Crippen molar-refractivity contribution in [3.8, 4) is 0 Å². The number of halogens is 1. The highest BCUT2D eigenvalue weighted by atomic mass is 79.9. The number of anilines is 1. The molecule has 0 saturated heterocycles.